The summed E-state index contributed by atoms with van der Waals surface area (Å²) in [5, 5.41) is 9.68. The molecule has 2 saturated heterocycles. The lowest BCUT2D eigenvalue weighted by molar-refractivity contribution is 0.131. The van der Waals surface area contributed by atoms with Gasteiger partial charge in [-0.25, -0.2) is 18.3 Å². The van der Waals surface area contributed by atoms with Crippen LogP contribution in [0.5, 0.6) is 0 Å². The zero-order chi connectivity index (χ0) is 16.4. The molecule has 0 spiro atoms. The van der Waals surface area contributed by atoms with Crippen molar-refractivity contribution in [3.63, 3.8) is 0 Å². The first-order valence-corrected chi connectivity index (χ1v) is 8.04. The fourth-order valence-corrected chi connectivity index (χ4v) is 3.42. The SMILES string of the molecule is Cn1nnc(NC(=O)N2CCCC(N3CCCC3)C2)c1C(F)F. The van der Waals surface area contributed by atoms with Crippen molar-refractivity contribution in [1.29, 1.82) is 0 Å². The van der Waals surface area contributed by atoms with Gasteiger partial charge < -0.3 is 4.90 Å². The van der Waals surface area contributed by atoms with Gasteiger partial charge in [0.05, 0.1) is 0 Å². The summed E-state index contributed by atoms with van der Waals surface area (Å²) in [5.74, 6) is -0.157. The second-order valence-electron chi connectivity index (χ2n) is 6.16. The van der Waals surface area contributed by atoms with Gasteiger partial charge in [0.15, 0.2) is 5.82 Å². The zero-order valence-electron chi connectivity index (χ0n) is 13.2. The van der Waals surface area contributed by atoms with E-state index in [9.17, 15) is 13.6 Å². The number of nitrogens with zero attached hydrogens (tertiary/aromatic N) is 5. The molecule has 0 saturated carbocycles. The molecule has 1 unspecified atom stereocenters. The molecule has 9 heteroatoms. The fourth-order valence-electron chi connectivity index (χ4n) is 3.42. The van der Waals surface area contributed by atoms with E-state index < -0.39 is 6.43 Å². The molecule has 1 atom stereocenters. The molecule has 1 N–H and O–H groups in total. The van der Waals surface area contributed by atoms with Gasteiger partial charge in [0.25, 0.3) is 6.43 Å². The second-order valence-corrected chi connectivity index (χ2v) is 6.16. The topological polar surface area (TPSA) is 66.3 Å². The maximum atomic E-state index is 13.0. The van der Waals surface area contributed by atoms with E-state index in [1.807, 2.05) is 0 Å². The summed E-state index contributed by atoms with van der Waals surface area (Å²) in [4.78, 5) is 16.5. The molecule has 128 valence electrons. The minimum atomic E-state index is -2.73. The lowest BCUT2D eigenvalue weighted by atomic mass is 10.0. The third kappa shape index (κ3) is 3.44. The van der Waals surface area contributed by atoms with Crippen LogP contribution in [0.15, 0.2) is 0 Å². The quantitative estimate of drug-likeness (QED) is 0.919. The molecular weight excluding hydrogens is 306 g/mol. The van der Waals surface area contributed by atoms with Crippen molar-refractivity contribution in [3.05, 3.63) is 5.69 Å². The van der Waals surface area contributed by atoms with Crippen LogP contribution < -0.4 is 5.32 Å². The first-order chi connectivity index (χ1) is 11.1. The van der Waals surface area contributed by atoms with E-state index in [1.165, 1.54) is 19.9 Å². The highest BCUT2D eigenvalue weighted by molar-refractivity contribution is 5.88. The van der Waals surface area contributed by atoms with Crippen LogP contribution in [0, 0.1) is 0 Å². The van der Waals surface area contributed by atoms with Gasteiger partial charge in [0.1, 0.15) is 5.69 Å². The number of rotatable bonds is 3. The van der Waals surface area contributed by atoms with Crippen molar-refractivity contribution in [3.8, 4) is 0 Å². The maximum absolute atomic E-state index is 13.0. The third-order valence-electron chi connectivity index (χ3n) is 4.64. The molecule has 3 rings (SSSR count). The Morgan fingerprint density at radius 2 is 2.00 bits per heavy atom. The molecule has 1 aromatic rings. The molecule has 2 aliphatic rings. The van der Waals surface area contributed by atoms with Crippen LogP contribution in [-0.2, 0) is 7.05 Å². The molecule has 23 heavy (non-hydrogen) atoms. The lowest BCUT2D eigenvalue weighted by Gasteiger charge is -2.37. The Morgan fingerprint density at radius 1 is 1.26 bits per heavy atom. The number of likely N-dealkylation sites (tertiary alicyclic amines) is 2. The van der Waals surface area contributed by atoms with E-state index >= 15 is 0 Å². The number of carbonyl (C=O) groups is 1. The molecule has 0 radical (unpaired) electrons. The normalized spacial score (nSPS) is 22.8. The number of piperidine rings is 1. The lowest BCUT2D eigenvalue weighted by Crippen LogP contribution is -2.50. The number of amides is 2. The van der Waals surface area contributed by atoms with Gasteiger partial charge in [-0.15, -0.1) is 5.10 Å². The maximum Gasteiger partial charge on any atom is 0.323 e. The molecular formula is C14H22F2N6O. The van der Waals surface area contributed by atoms with Gasteiger partial charge in [0.2, 0.25) is 0 Å². The zero-order valence-corrected chi connectivity index (χ0v) is 13.2. The van der Waals surface area contributed by atoms with Crippen LogP contribution in [-0.4, -0.2) is 63.0 Å². The highest BCUT2D eigenvalue weighted by atomic mass is 19.3. The first kappa shape index (κ1) is 16.1. The van der Waals surface area contributed by atoms with Crippen LogP contribution in [0.1, 0.15) is 37.8 Å². The molecule has 0 aliphatic carbocycles. The summed E-state index contributed by atoms with van der Waals surface area (Å²) in [6, 6.07) is -0.00952. The molecule has 7 nitrogen and oxygen atoms in total. The number of aryl methyl sites for hydroxylation is 1. The number of hydrogen-bond donors (Lipinski definition) is 1. The van der Waals surface area contributed by atoms with Crippen LogP contribution >= 0.6 is 0 Å². The number of anilines is 1. The first-order valence-electron chi connectivity index (χ1n) is 8.04. The Balaban J connectivity index is 1.63. The highest BCUT2D eigenvalue weighted by Gasteiger charge is 2.30. The van der Waals surface area contributed by atoms with Crippen molar-refractivity contribution in [2.75, 3.05) is 31.5 Å². The molecule has 2 fully saturated rings. The van der Waals surface area contributed by atoms with E-state index in [1.54, 1.807) is 4.90 Å². The van der Waals surface area contributed by atoms with Crippen LogP contribution in [0.4, 0.5) is 19.4 Å². The average Bonchev–Trinajstić information content (AvgIpc) is 3.17. The highest BCUT2D eigenvalue weighted by Crippen LogP contribution is 2.25. The minimum Gasteiger partial charge on any atom is -0.323 e. The van der Waals surface area contributed by atoms with Crippen molar-refractivity contribution in [1.82, 2.24) is 24.8 Å². The van der Waals surface area contributed by atoms with E-state index in [0.717, 1.165) is 30.6 Å². The van der Waals surface area contributed by atoms with Crippen molar-refractivity contribution < 1.29 is 13.6 Å². The van der Waals surface area contributed by atoms with Gasteiger partial charge in [-0.2, -0.15) is 0 Å². The summed E-state index contributed by atoms with van der Waals surface area (Å²) < 4.78 is 27.0. The van der Waals surface area contributed by atoms with Crippen LogP contribution in [0.3, 0.4) is 0 Å². The minimum absolute atomic E-state index is 0.157. The van der Waals surface area contributed by atoms with E-state index in [4.69, 9.17) is 0 Å². The Bertz CT molecular complexity index is 557. The predicted octanol–water partition coefficient (Wildman–Crippen LogP) is 1.84. The van der Waals surface area contributed by atoms with Gasteiger partial charge in [0, 0.05) is 26.2 Å². The molecule has 1 aromatic heterocycles. The summed E-state index contributed by atoms with van der Waals surface area (Å²) in [5.41, 5.74) is -0.369. The Kier molecular flexibility index (Phi) is 4.74. The average molecular weight is 328 g/mol. The van der Waals surface area contributed by atoms with Gasteiger partial charge in [-0.3, -0.25) is 10.2 Å². The monoisotopic (exact) mass is 328 g/mol. The number of urea groups is 1. The smallest absolute Gasteiger partial charge is 0.323 e. The number of nitrogens with one attached hydrogen (secondary N) is 1. The molecule has 2 amide bonds. The van der Waals surface area contributed by atoms with Gasteiger partial charge in [-0.1, -0.05) is 5.21 Å². The third-order valence-corrected chi connectivity index (χ3v) is 4.64. The standard InChI is InChI=1S/C14H22F2N6O/c1-20-11(12(15)16)13(18-19-20)17-14(23)22-8-4-5-10(9-22)21-6-2-3-7-21/h10,12H,2-9H2,1H3,(H,17,23). The van der Waals surface area contributed by atoms with Crippen molar-refractivity contribution in [2.45, 2.75) is 38.2 Å². The molecule has 0 bridgehead atoms. The summed E-state index contributed by atoms with van der Waals surface area (Å²) >= 11 is 0. The summed E-state index contributed by atoms with van der Waals surface area (Å²) in [7, 11) is 1.38. The molecule has 2 aliphatic heterocycles. The van der Waals surface area contributed by atoms with E-state index in [2.05, 4.69) is 20.5 Å². The number of alkyl halides is 2. The molecule has 3 heterocycles. The van der Waals surface area contributed by atoms with E-state index in [0.29, 0.717) is 19.1 Å². The van der Waals surface area contributed by atoms with Crippen molar-refractivity contribution in [2.24, 2.45) is 7.05 Å². The number of aromatic nitrogens is 3. The number of halogens is 2. The number of hydrogen-bond acceptors (Lipinski definition) is 4. The largest absolute Gasteiger partial charge is 0.323 e. The summed E-state index contributed by atoms with van der Waals surface area (Å²) in [6.45, 7) is 3.44. The van der Waals surface area contributed by atoms with E-state index in [-0.39, 0.29) is 17.5 Å². The van der Waals surface area contributed by atoms with Crippen molar-refractivity contribution >= 4 is 11.8 Å². The fraction of sp³-hybridized carbons (Fsp3) is 0.786. The summed E-state index contributed by atoms with van der Waals surface area (Å²) in [6.07, 6.45) is 1.69. The van der Waals surface area contributed by atoms with Crippen LogP contribution in [0.2, 0.25) is 0 Å². The Morgan fingerprint density at radius 3 is 2.70 bits per heavy atom. The van der Waals surface area contributed by atoms with Gasteiger partial charge in [-0.05, 0) is 38.8 Å². The van der Waals surface area contributed by atoms with Gasteiger partial charge >= 0.3 is 6.03 Å². The Hall–Kier alpha value is -1.77. The second kappa shape index (κ2) is 6.77. The Labute approximate surface area is 133 Å². The predicted molar refractivity (Wildman–Crippen MR) is 80.4 cm³/mol. The molecule has 0 aromatic carbocycles. The number of carbonyl (C=O) groups excluding carboxylic acids is 1. The van der Waals surface area contributed by atoms with Crippen LogP contribution in [0.25, 0.3) is 0 Å².